The van der Waals surface area contributed by atoms with E-state index in [1.807, 2.05) is 44.4 Å². The lowest BCUT2D eigenvalue weighted by atomic mass is 10.1. The summed E-state index contributed by atoms with van der Waals surface area (Å²) in [6.07, 6.45) is 7.17. The van der Waals surface area contributed by atoms with Gasteiger partial charge in [-0.3, -0.25) is 10.1 Å². The van der Waals surface area contributed by atoms with Crippen LogP contribution in [-0.4, -0.2) is 63.8 Å². The van der Waals surface area contributed by atoms with Gasteiger partial charge < -0.3 is 20.5 Å². The molecule has 4 aromatic heterocycles. The van der Waals surface area contributed by atoms with E-state index in [0.29, 0.717) is 17.8 Å². The van der Waals surface area contributed by atoms with Crippen LogP contribution in [0.15, 0.2) is 72.9 Å². The number of benzene rings is 2. The van der Waals surface area contributed by atoms with Gasteiger partial charge in [0.2, 0.25) is 0 Å². The number of nitrogens with zero attached hydrogens (tertiary/aromatic N) is 4. The van der Waals surface area contributed by atoms with Crippen LogP contribution in [0, 0.1) is 11.7 Å². The number of rotatable bonds is 11. The molecule has 0 bridgehead atoms. The Balaban J connectivity index is 1.17. The van der Waals surface area contributed by atoms with E-state index in [2.05, 4.69) is 60.0 Å². The normalized spacial score (nSPS) is 13.9. The Morgan fingerprint density at radius 1 is 0.933 bits per heavy atom. The zero-order valence-electron chi connectivity index (χ0n) is 25.8. The fourth-order valence-electron chi connectivity index (χ4n) is 6.39. The van der Waals surface area contributed by atoms with Gasteiger partial charge in [-0.25, -0.2) is 9.37 Å². The highest BCUT2D eigenvalue weighted by atomic mass is 19.1. The third-order valence-electron chi connectivity index (χ3n) is 8.73. The Hall–Kier alpha value is -4.60. The van der Waals surface area contributed by atoms with Crippen molar-refractivity contribution in [2.24, 2.45) is 5.92 Å². The summed E-state index contributed by atoms with van der Waals surface area (Å²) in [6.45, 7) is 3.50. The Morgan fingerprint density at radius 2 is 1.82 bits per heavy atom. The minimum atomic E-state index is -0.307. The standard InChI is InChI=1S/C36H39FN8/c1-45(2)15-14-39-28-18-26(17-27(37)19-28)34-29-20-33(41-31(29)12-13-40-34)36-35-32(43-44-36)11-10-30(42-35)25-9-5-8-24(16-25)22-38-21-23-6-3-4-7-23/h5,8-13,16-20,23,38-39,41H,3-4,6-7,14-15,21-22H2,1-2H3,(H,43,44). The first kappa shape index (κ1) is 29.1. The lowest BCUT2D eigenvalue weighted by Gasteiger charge is -2.12. The van der Waals surface area contributed by atoms with Crippen molar-refractivity contribution in [2.75, 3.05) is 39.0 Å². The molecule has 4 heterocycles. The number of aromatic nitrogens is 5. The van der Waals surface area contributed by atoms with E-state index < -0.39 is 0 Å². The molecule has 1 fully saturated rings. The van der Waals surface area contributed by atoms with E-state index in [1.165, 1.54) is 43.4 Å². The molecule has 4 N–H and O–H groups in total. The van der Waals surface area contributed by atoms with Gasteiger partial charge in [-0.1, -0.05) is 31.0 Å². The summed E-state index contributed by atoms with van der Waals surface area (Å²) in [6, 6.07) is 21.6. The molecule has 6 aromatic rings. The van der Waals surface area contributed by atoms with Crippen LogP contribution in [-0.2, 0) is 6.54 Å². The van der Waals surface area contributed by atoms with E-state index in [-0.39, 0.29) is 5.82 Å². The van der Waals surface area contributed by atoms with Crippen molar-refractivity contribution in [3.8, 4) is 33.9 Å². The number of aromatic amines is 2. The van der Waals surface area contributed by atoms with Crippen molar-refractivity contribution in [1.29, 1.82) is 0 Å². The van der Waals surface area contributed by atoms with Gasteiger partial charge in [0.05, 0.1) is 22.6 Å². The molecule has 230 valence electrons. The molecule has 0 aliphatic heterocycles. The van der Waals surface area contributed by atoms with Crippen molar-refractivity contribution in [2.45, 2.75) is 32.2 Å². The van der Waals surface area contributed by atoms with Gasteiger partial charge in [0.15, 0.2) is 0 Å². The maximum atomic E-state index is 14.7. The molecular formula is C36H39FN8. The number of hydrogen-bond donors (Lipinski definition) is 4. The number of hydrogen-bond acceptors (Lipinski definition) is 6. The average molecular weight is 603 g/mol. The molecular weight excluding hydrogens is 563 g/mol. The molecule has 0 radical (unpaired) electrons. The molecule has 7 rings (SSSR count). The molecule has 8 nitrogen and oxygen atoms in total. The molecule has 1 aliphatic carbocycles. The molecule has 1 saturated carbocycles. The third kappa shape index (κ3) is 6.45. The SMILES string of the molecule is CN(C)CCNc1cc(F)cc(-c2nccc3[nH]c(-c4n[nH]c5ccc(-c6cccc(CNCC7CCCC7)c6)nc45)cc23)c1. The van der Waals surface area contributed by atoms with Crippen molar-refractivity contribution in [3.05, 3.63) is 84.3 Å². The number of anilines is 1. The van der Waals surface area contributed by atoms with Gasteiger partial charge in [0.1, 0.15) is 17.0 Å². The first-order valence-corrected chi connectivity index (χ1v) is 15.8. The molecule has 9 heteroatoms. The number of likely N-dealkylation sites (N-methyl/N-ethyl adjacent to an activating group) is 1. The minimum absolute atomic E-state index is 0.307. The first-order valence-electron chi connectivity index (χ1n) is 15.8. The quantitative estimate of drug-likeness (QED) is 0.125. The monoisotopic (exact) mass is 602 g/mol. The molecule has 0 unspecified atom stereocenters. The molecule has 0 saturated heterocycles. The largest absolute Gasteiger partial charge is 0.384 e. The Bertz CT molecular complexity index is 1930. The van der Waals surface area contributed by atoms with Crippen LogP contribution in [0.4, 0.5) is 10.1 Å². The average Bonchev–Trinajstić information content (AvgIpc) is 3.80. The lowest BCUT2D eigenvalue weighted by Crippen LogP contribution is -2.20. The Labute approximate surface area is 262 Å². The van der Waals surface area contributed by atoms with Gasteiger partial charge in [-0.05, 0) is 93.5 Å². The molecule has 1 aliphatic rings. The molecule has 2 aromatic carbocycles. The second-order valence-electron chi connectivity index (χ2n) is 12.4. The molecule has 0 spiro atoms. The summed E-state index contributed by atoms with van der Waals surface area (Å²) in [5, 5.41) is 15.7. The maximum absolute atomic E-state index is 14.7. The third-order valence-corrected chi connectivity index (χ3v) is 8.73. The van der Waals surface area contributed by atoms with Gasteiger partial charge in [-0.15, -0.1) is 0 Å². The zero-order valence-corrected chi connectivity index (χ0v) is 25.8. The van der Waals surface area contributed by atoms with Crippen molar-refractivity contribution >= 4 is 27.6 Å². The minimum Gasteiger partial charge on any atom is -0.384 e. The second kappa shape index (κ2) is 12.8. The van der Waals surface area contributed by atoms with Crippen molar-refractivity contribution in [3.63, 3.8) is 0 Å². The van der Waals surface area contributed by atoms with Crippen LogP contribution in [0.2, 0.25) is 0 Å². The van der Waals surface area contributed by atoms with Crippen LogP contribution in [0.1, 0.15) is 31.2 Å². The number of halogens is 1. The molecule has 0 atom stereocenters. The van der Waals surface area contributed by atoms with E-state index in [0.717, 1.165) is 75.8 Å². The van der Waals surface area contributed by atoms with Gasteiger partial charge in [-0.2, -0.15) is 5.10 Å². The summed E-state index contributed by atoms with van der Waals surface area (Å²) >= 11 is 0. The fourth-order valence-corrected chi connectivity index (χ4v) is 6.39. The predicted molar refractivity (Wildman–Crippen MR) is 181 cm³/mol. The lowest BCUT2D eigenvalue weighted by molar-refractivity contribution is 0.425. The predicted octanol–water partition coefficient (Wildman–Crippen LogP) is 7.23. The maximum Gasteiger partial charge on any atom is 0.135 e. The highest BCUT2D eigenvalue weighted by Gasteiger charge is 2.17. The number of pyridine rings is 2. The first-order chi connectivity index (χ1) is 22.0. The van der Waals surface area contributed by atoms with Crippen molar-refractivity contribution in [1.82, 2.24) is 35.4 Å². The van der Waals surface area contributed by atoms with Crippen molar-refractivity contribution < 1.29 is 4.39 Å². The molecule has 0 amide bonds. The van der Waals surface area contributed by atoms with Crippen LogP contribution < -0.4 is 10.6 Å². The molecule has 45 heavy (non-hydrogen) atoms. The van der Waals surface area contributed by atoms with Gasteiger partial charge in [0, 0.05) is 53.5 Å². The van der Waals surface area contributed by atoms with E-state index in [1.54, 1.807) is 6.20 Å². The Kier molecular flexibility index (Phi) is 8.28. The smallest absolute Gasteiger partial charge is 0.135 e. The highest BCUT2D eigenvalue weighted by molar-refractivity contribution is 5.99. The Morgan fingerprint density at radius 3 is 2.69 bits per heavy atom. The number of nitrogens with one attached hydrogen (secondary N) is 4. The topological polar surface area (TPSA) is 97.5 Å². The summed E-state index contributed by atoms with van der Waals surface area (Å²) < 4.78 is 14.7. The highest BCUT2D eigenvalue weighted by Crippen LogP contribution is 2.34. The zero-order chi connectivity index (χ0) is 30.8. The van der Waals surface area contributed by atoms with Crippen LogP contribution >= 0.6 is 0 Å². The summed E-state index contributed by atoms with van der Waals surface area (Å²) in [5.74, 6) is 0.507. The fraction of sp³-hybridized carbons (Fsp3) is 0.306. The van der Waals surface area contributed by atoms with Gasteiger partial charge in [0.25, 0.3) is 0 Å². The summed E-state index contributed by atoms with van der Waals surface area (Å²) in [5.41, 5.74) is 9.47. The summed E-state index contributed by atoms with van der Waals surface area (Å²) in [4.78, 5) is 15.3. The van der Waals surface area contributed by atoms with E-state index in [9.17, 15) is 4.39 Å². The van der Waals surface area contributed by atoms with E-state index in [4.69, 9.17) is 4.98 Å². The summed E-state index contributed by atoms with van der Waals surface area (Å²) in [7, 11) is 4.03. The number of fused-ring (bicyclic) bond motifs is 2. The second-order valence-corrected chi connectivity index (χ2v) is 12.4. The van der Waals surface area contributed by atoms with E-state index >= 15 is 0 Å². The van der Waals surface area contributed by atoms with Crippen LogP contribution in [0.25, 0.3) is 55.8 Å². The van der Waals surface area contributed by atoms with Crippen LogP contribution in [0.3, 0.4) is 0 Å². The number of H-pyrrole nitrogens is 2. The van der Waals surface area contributed by atoms with Gasteiger partial charge >= 0.3 is 0 Å². The van der Waals surface area contributed by atoms with Crippen LogP contribution in [0.5, 0.6) is 0 Å².